The van der Waals surface area contributed by atoms with Crippen LogP contribution in [-0.2, 0) is 16.1 Å². The van der Waals surface area contributed by atoms with E-state index in [1.54, 1.807) is 19.2 Å². The highest BCUT2D eigenvalue weighted by Crippen LogP contribution is 2.42. The van der Waals surface area contributed by atoms with Gasteiger partial charge in [-0.3, -0.25) is 9.59 Å². The minimum Gasteiger partial charge on any atom is -0.507 e. The predicted octanol–water partition coefficient (Wildman–Crippen LogP) is 5.76. The molecule has 186 valence electrons. The fourth-order valence-electron chi connectivity index (χ4n) is 4.53. The summed E-state index contributed by atoms with van der Waals surface area (Å²) in [5.41, 5.74) is 4.06. The Morgan fingerprint density at radius 1 is 0.944 bits per heavy atom. The molecular weight excluding hydrogens is 454 g/mol. The fraction of sp³-hybridized carbons (Fsp3) is 0.267. The van der Waals surface area contributed by atoms with Crippen LogP contribution in [0, 0.1) is 6.92 Å². The normalized spacial score (nSPS) is 17.1. The first-order chi connectivity index (χ1) is 17.2. The number of ketones is 1. The average molecular weight is 486 g/mol. The molecule has 0 aliphatic carbocycles. The van der Waals surface area contributed by atoms with Crippen LogP contribution in [-0.4, -0.2) is 35.9 Å². The number of aliphatic hydroxyl groups excluding tert-OH is 1. The van der Waals surface area contributed by atoms with Gasteiger partial charge in [-0.1, -0.05) is 61.9 Å². The number of benzene rings is 3. The van der Waals surface area contributed by atoms with E-state index in [4.69, 9.17) is 9.47 Å². The average Bonchev–Trinajstić information content (AvgIpc) is 3.13. The lowest BCUT2D eigenvalue weighted by atomic mass is 9.92. The molecule has 0 saturated carbocycles. The number of carbonyl (C=O) groups is 2. The Morgan fingerprint density at radius 3 is 2.19 bits per heavy atom. The zero-order valence-corrected chi connectivity index (χ0v) is 21.2. The summed E-state index contributed by atoms with van der Waals surface area (Å²) in [4.78, 5) is 28.2. The van der Waals surface area contributed by atoms with E-state index in [1.165, 1.54) is 12.0 Å². The summed E-state index contributed by atoms with van der Waals surface area (Å²) in [6.45, 7) is 6.30. The highest BCUT2D eigenvalue weighted by molar-refractivity contribution is 6.46. The topological polar surface area (TPSA) is 76.1 Å². The molecule has 3 aromatic rings. The summed E-state index contributed by atoms with van der Waals surface area (Å²) in [7, 11) is 3.10. The fourth-order valence-corrected chi connectivity index (χ4v) is 4.53. The third kappa shape index (κ3) is 4.71. The third-order valence-corrected chi connectivity index (χ3v) is 6.58. The lowest BCUT2D eigenvalue weighted by molar-refractivity contribution is -0.140. The van der Waals surface area contributed by atoms with Gasteiger partial charge in [0.15, 0.2) is 0 Å². The van der Waals surface area contributed by atoms with Crippen molar-refractivity contribution in [1.82, 2.24) is 4.90 Å². The molecule has 1 heterocycles. The molecule has 1 N–H and O–H groups in total. The maximum Gasteiger partial charge on any atom is 0.295 e. The Bertz CT molecular complexity index is 1310. The Balaban J connectivity index is 1.87. The molecular formula is C30H31NO5. The quantitative estimate of drug-likeness (QED) is 0.262. The number of methoxy groups -OCH3 is 2. The largest absolute Gasteiger partial charge is 0.507 e. The van der Waals surface area contributed by atoms with E-state index < -0.39 is 17.7 Å². The number of amides is 1. The second-order valence-electron chi connectivity index (χ2n) is 9.30. The molecule has 6 heteroatoms. The predicted molar refractivity (Wildman–Crippen MR) is 139 cm³/mol. The maximum absolute atomic E-state index is 13.4. The smallest absolute Gasteiger partial charge is 0.295 e. The lowest BCUT2D eigenvalue weighted by Gasteiger charge is -2.26. The first-order valence-electron chi connectivity index (χ1n) is 11.9. The van der Waals surface area contributed by atoms with E-state index in [9.17, 15) is 14.7 Å². The highest BCUT2D eigenvalue weighted by Gasteiger charge is 2.46. The Kier molecular flexibility index (Phi) is 7.15. The minimum absolute atomic E-state index is 0.0507. The molecule has 3 aromatic carbocycles. The Hall–Kier alpha value is -4.06. The molecule has 1 aliphatic heterocycles. The van der Waals surface area contributed by atoms with Gasteiger partial charge >= 0.3 is 0 Å². The number of Topliss-reactive ketones (excluding diaryl/α,β-unsaturated/α-hetero) is 1. The molecule has 6 nitrogen and oxygen atoms in total. The summed E-state index contributed by atoms with van der Waals surface area (Å²) >= 11 is 0. The van der Waals surface area contributed by atoms with E-state index in [1.807, 2.05) is 61.5 Å². The summed E-state index contributed by atoms with van der Waals surface area (Å²) in [6.07, 6.45) is 0. The summed E-state index contributed by atoms with van der Waals surface area (Å²) in [6, 6.07) is 19.8. The Morgan fingerprint density at radius 2 is 1.61 bits per heavy atom. The van der Waals surface area contributed by atoms with Crippen molar-refractivity contribution in [3.63, 3.8) is 0 Å². The molecule has 1 amide bonds. The Labute approximate surface area is 211 Å². The molecule has 1 aliphatic rings. The first-order valence-corrected chi connectivity index (χ1v) is 11.9. The number of likely N-dealkylation sites (tertiary alicyclic amines) is 1. The molecule has 4 rings (SSSR count). The van der Waals surface area contributed by atoms with Crippen LogP contribution in [0.4, 0.5) is 0 Å². The zero-order valence-electron chi connectivity index (χ0n) is 21.2. The number of rotatable bonds is 7. The van der Waals surface area contributed by atoms with Crippen LogP contribution in [0.25, 0.3) is 5.76 Å². The SMILES string of the molecule is COc1ccc(CN2C(=O)C(=O)/C(=C(/O)c3cc(C)ccc3OC)C2c2ccc(C(C)C)cc2)cc1. The molecule has 0 aromatic heterocycles. The van der Waals surface area contributed by atoms with Gasteiger partial charge in [0.2, 0.25) is 0 Å². The van der Waals surface area contributed by atoms with Crippen molar-refractivity contribution in [2.45, 2.75) is 39.3 Å². The summed E-state index contributed by atoms with van der Waals surface area (Å²) < 4.78 is 10.7. The number of hydrogen-bond acceptors (Lipinski definition) is 5. The van der Waals surface area contributed by atoms with E-state index in [-0.39, 0.29) is 17.9 Å². The highest BCUT2D eigenvalue weighted by atomic mass is 16.5. The zero-order chi connectivity index (χ0) is 26.0. The van der Waals surface area contributed by atoms with Crippen LogP contribution >= 0.6 is 0 Å². The molecule has 0 radical (unpaired) electrons. The summed E-state index contributed by atoms with van der Waals surface area (Å²) in [5.74, 6) is -0.161. The van der Waals surface area contributed by atoms with Gasteiger partial charge < -0.3 is 19.5 Å². The van der Waals surface area contributed by atoms with Crippen molar-refractivity contribution >= 4 is 17.4 Å². The lowest BCUT2D eigenvalue weighted by Crippen LogP contribution is -2.29. The van der Waals surface area contributed by atoms with Gasteiger partial charge in [0.1, 0.15) is 17.3 Å². The molecule has 1 saturated heterocycles. The van der Waals surface area contributed by atoms with Crippen molar-refractivity contribution < 1.29 is 24.2 Å². The number of hydrogen-bond donors (Lipinski definition) is 1. The standard InChI is InChI=1S/C30H31NO5/c1-18(2)21-9-11-22(12-10-21)27-26(28(32)24-16-19(3)6-15-25(24)36-5)29(33)30(34)31(27)17-20-7-13-23(35-4)14-8-20/h6-16,18,27,32H,17H2,1-5H3/b28-26+. The minimum atomic E-state index is -0.751. The van der Waals surface area contributed by atoms with E-state index in [0.29, 0.717) is 23.0 Å². The molecule has 36 heavy (non-hydrogen) atoms. The van der Waals surface area contributed by atoms with Crippen molar-refractivity contribution in [2.75, 3.05) is 14.2 Å². The number of carbonyl (C=O) groups excluding carboxylic acids is 2. The van der Waals surface area contributed by atoms with Gasteiger partial charge in [0, 0.05) is 6.54 Å². The van der Waals surface area contributed by atoms with Crippen molar-refractivity contribution in [2.24, 2.45) is 0 Å². The maximum atomic E-state index is 13.4. The van der Waals surface area contributed by atoms with E-state index >= 15 is 0 Å². The third-order valence-electron chi connectivity index (χ3n) is 6.58. The summed E-state index contributed by atoms with van der Waals surface area (Å²) in [5, 5.41) is 11.5. The molecule has 1 unspecified atom stereocenters. The van der Waals surface area contributed by atoms with Gasteiger partial charge in [0.05, 0.1) is 31.4 Å². The van der Waals surface area contributed by atoms with Gasteiger partial charge in [-0.15, -0.1) is 0 Å². The number of aryl methyl sites for hydroxylation is 1. The van der Waals surface area contributed by atoms with Crippen LogP contribution in [0.1, 0.15) is 53.6 Å². The molecule has 1 atom stereocenters. The number of ether oxygens (including phenoxy) is 2. The van der Waals surface area contributed by atoms with Crippen LogP contribution in [0.3, 0.4) is 0 Å². The second-order valence-corrected chi connectivity index (χ2v) is 9.30. The number of nitrogens with zero attached hydrogens (tertiary/aromatic N) is 1. The van der Waals surface area contributed by atoms with Gasteiger partial charge in [-0.2, -0.15) is 0 Å². The van der Waals surface area contributed by atoms with Crippen molar-refractivity contribution in [3.8, 4) is 11.5 Å². The van der Waals surface area contributed by atoms with Crippen LogP contribution in [0.2, 0.25) is 0 Å². The monoisotopic (exact) mass is 485 g/mol. The molecule has 0 spiro atoms. The van der Waals surface area contributed by atoms with Gasteiger partial charge in [-0.05, 0) is 53.8 Å². The van der Waals surface area contributed by atoms with Gasteiger partial charge in [0.25, 0.3) is 11.7 Å². The molecule has 0 bridgehead atoms. The van der Waals surface area contributed by atoms with E-state index in [0.717, 1.165) is 22.3 Å². The van der Waals surface area contributed by atoms with Crippen LogP contribution in [0.5, 0.6) is 11.5 Å². The first kappa shape index (κ1) is 25.0. The van der Waals surface area contributed by atoms with Crippen molar-refractivity contribution in [1.29, 1.82) is 0 Å². The van der Waals surface area contributed by atoms with Gasteiger partial charge in [-0.25, -0.2) is 0 Å². The molecule has 1 fully saturated rings. The van der Waals surface area contributed by atoms with Crippen LogP contribution in [0.15, 0.2) is 72.3 Å². The second kappa shape index (κ2) is 10.3. The van der Waals surface area contributed by atoms with Crippen molar-refractivity contribution in [3.05, 3.63) is 100 Å². The number of aliphatic hydroxyl groups is 1. The van der Waals surface area contributed by atoms with E-state index in [2.05, 4.69) is 13.8 Å². The van der Waals surface area contributed by atoms with Crippen LogP contribution < -0.4 is 9.47 Å².